The normalized spacial score (nSPS) is 10.9. The molecule has 0 saturated carbocycles. The van der Waals surface area contributed by atoms with Gasteiger partial charge in [0, 0.05) is 12.4 Å². The summed E-state index contributed by atoms with van der Waals surface area (Å²) < 4.78 is 1.90. The summed E-state index contributed by atoms with van der Waals surface area (Å²) in [5, 5.41) is 8.09. The van der Waals surface area contributed by atoms with E-state index < -0.39 is 0 Å². The van der Waals surface area contributed by atoms with Crippen molar-refractivity contribution in [3.8, 4) is 5.95 Å². The van der Waals surface area contributed by atoms with Gasteiger partial charge in [-0.15, -0.1) is 0 Å². The van der Waals surface area contributed by atoms with Gasteiger partial charge in [-0.25, -0.2) is 14.6 Å². The highest BCUT2D eigenvalue weighted by Gasteiger charge is 2.17. The van der Waals surface area contributed by atoms with Crippen molar-refractivity contribution in [2.75, 3.05) is 13.1 Å². The zero-order valence-corrected chi connectivity index (χ0v) is 12.6. The first-order chi connectivity index (χ1) is 9.81. The molecule has 20 heavy (non-hydrogen) atoms. The van der Waals surface area contributed by atoms with Gasteiger partial charge in [-0.2, -0.15) is 5.10 Å². The molecule has 5 nitrogen and oxygen atoms in total. The Kier molecular flexibility index (Phi) is 5.24. The summed E-state index contributed by atoms with van der Waals surface area (Å²) in [6, 6.07) is 1.82. The lowest BCUT2D eigenvalue weighted by atomic mass is 10.1. The third-order valence-corrected chi connectivity index (χ3v) is 3.39. The van der Waals surface area contributed by atoms with Crippen LogP contribution in [0.1, 0.15) is 37.7 Å². The van der Waals surface area contributed by atoms with Gasteiger partial charge in [0.25, 0.3) is 5.95 Å². The Morgan fingerprint density at radius 3 is 2.45 bits per heavy atom. The molecule has 0 aliphatic rings. The molecule has 0 aromatic carbocycles. The van der Waals surface area contributed by atoms with Crippen molar-refractivity contribution in [2.45, 2.75) is 40.0 Å². The topological polar surface area (TPSA) is 55.6 Å². The molecule has 108 valence electrons. The lowest BCUT2D eigenvalue weighted by molar-refractivity contribution is 0.707. The van der Waals surface area contributed by atoms with Crippen molar-refractivity contribution in [1.29, 1.82) is 0 Å². The molecule has 0 aliphatic heterocycles. The maximum absolute atomic E-state index is 4.71. The van der Waals surface area contributed by atoms with E-state index in [9.17, 15) is 0 Å². The number of aryl methyl sites for hydroxylation is 1. The van der Waals surface area contributed by atoms with Crippen molar-refractivity contribution in [3.63, 3.8) is 0 Å². The summed E-state index contributed by atoms with van der Waals surface area (Å²) in [5.74, 6) is 0.661. The molecule has 0 atom stereocenters. The van der Waals surface area contributed by atoms with Crippen molar-refractivity contribution in [3.05, 3.63) is 35.4 Å². The summed E-state index contributed by atoms with van der Waals surface area (Å²) in [5.41, 5.74) is 3.74. The fourth-order valence-corrected chi connectivity index (χ4v) is 2.43. The van der Waals surface area contributed by atoms with E-state index >= 15 is 0 Å². The van der Waals surface area contributed by atoms with Crippen molar-refractivity contribution < 1.29 is 0 Å². The number of hydrogen-bond donors (Lipinski definition) is 1. The lowest BCUT2D eigenvalue weighted by Crippen LogP contribution is -2.17. The maximum atomic E-state index is 4.71. The highest BCUT2D eigenvalue weighted by molar-refractivity contribution is 5.31. The zero-order chi connectivity index (χ0) is 14.4. The summed E-state index contributed by atoms with van der Waals surface area (Å²) in [7, 11) is 0. The Hall–Kier alpha value is -1.75. The fourth-order valence-electron chi connectivity index (χ4n) is 2.43. The van der Waals surface area contributed by atoms with Crippen molar-refractivity contribution in [1.82, 2.24) is 25.1 Å². The first kappa shape index (κ1) is 14.7. The van der Waals surface area contributed by atoms with E-state index in [0.29, 0.717) is 5.95 Å². The number of nitrogens with zero attached hydrogens (tertiary/aromatic N) is 4. The molecular formula is C15H23N5. The van der Waals surface area contributed by atoms with E-state index in [4.69, 9.17) is 5.10 Å². The Labute approximate surface area is 120 Å². The highest BCUT2D eigenvalue weighted by Crippen LogP contribution is 2.19. The van der Waals surface area contributed by atoms with E-state index in [1.54, 1.807) is 12.4 Å². The summed E-state index contributed by atoms with van der Waals surface area (Å²) >= 11 is 0. The van der Waals surface area contributed by atoms with Gasteiger partial charge >= 0.3 is 0 Å². The van der Waals surface area contributed by atoms with Crippen LogP contribution in [-0.2, 0) is 19.3 Å². The first-order valence-electron chi connectivity index (χ1n) is 7.39. The molecule has 2 aromatic rings. The van der Waals surface area contributed by atoms with Gasteiger partial charge in [0.1, 0.15) is 0 Å². The van der Waals surface area contributed by atoms with Crippen molar-refractivity contribution in [2.24, 2.45) is 0 Å². The van der Waals surface area contributed by atoms with Crippen LogP contribution >= 0.6 is 0 Å². The SMILES string of the molecule is CCNCCc1c(CC)nn(-c2ncccn2)c1CC. The predicted molar refractivity (Wildman–Crippen MR) is 80.2 cm³/mol. The average Bonchev–Trinajstić information content (AvgIpc) is 2.86. The molecule has 5 heteroatoms. The predicted octanol–water partition coefficient (Wildman–Crippen LogP) is 1.94. The molecule has 2 rings (SSSR count). The minimum atomic E-state index is 0.661. The quantitative estimate of drug-likeness (QED) is 0.783. The second-order valence-electron chi connectivity index (χ2n) is 4.64. The molecular weight excluding hydrogens is 250 g/mol. The highest BCUT2D eigenvalue weighted by atomic mass is 15.4. The monoisotopic (exact) mass is 273 g/mol. The minimum Gasteiger partial charge on any atom is -0.317 e. The summed E-state index contributed by atoms with van der Waals surface area (Å²) in [6.45, 7) is 8.42. The molecule has 0 bridgehead atoms. The summed E-state index contributed by atoms with van der Waals surface area (Å²) in [6.07, 6.45) is 6.40. The average molecular weight is 273 g/mol. The van der Waals surface area contributed by atoms with Crippen LogP contribution in [0.25, 0.3) is 5.95 Å². The molecule has 0 fully saturated rings. The van der Waals surface area contributed by atoms with Crippen LogP contribution in [0.2, 0.25) is 0 Å². The largest absolute Gasteiger partial charge is 0.317 e. The van der Waals surface area contributed by atoms with Gasteiger partial charge in [-0.3, -0.25) is 0 Å². The third kappa shape index (κ3) is 3.04. The molecule has 2 aromatic heterocycles. The molecule has 0 radical (unpaired) electrons. The Morgan fingerprint density at radius 1 is 1.10 bits per heavy atom. The third-order valence-electron chi connectivity index (χ3n) is 3.39. The molecule has 0 spiro atoms. The van der Waals surface area contributed by atoms with Gasteiger partial charge in [0.2, 0.25) is 0 Å². The molecule has 0 amide bonds. The summed E-state index contributed by atoms with van der Waals surface area (Å²) in [4.78, 5) is 8.63. The molecule has 0 saturated heterocycles. The number of nitrogens with one attached hydrogen (secondary N) is 1. The minimum absolute atomic E-state index is 0.661. The Balaban J connectivity index is 2.38. The molecule has 1 N–H and O–H groups in total. The lowest BCUT2D eigenvalue weighted by Gasteiger charge is -2.06. The van der Waals surface area contributed by atoms with Crippen LogP contribution in [0.5, 0.6) is 0 Å². The second kappa shape index (κ2) is 7.14. The van der Waals surface area contributed by atoms with E-state index in [0.717, 1.165) is 38.0 Å². The number of hydrogen-bond acceptors (Lipinski definition) is 4. The number of likely N-dealkylation sites (N-methyl/N-ethyl adjacent to an activating group) is 1. The molecule has 0 aliphatic carbocycles. The van der Waals surface area contributed by atoms with Crippen LogP contribution in [0.15, 0.2) is 18.5 Å². The van der Waals surface area contributed by atoms with Crippen LogP contribution in [0.3, 0.4) is 0 Å². The van der Waals surface area contributed by atoms with Crippen LogP contribution in [-0.4, -0.2) is 32.8 Å². The smallest absolute Gasteiger partial charge is 0.250 e. The standard InChI is InChI=1S/C15H23N5/c1-4-13-12(8-11-16-6-3)14(5-2)20(19-13)15-17-9-7-10-18-15/h7,9-10,16H,4-6,8,11H2,1-3H3. The van der Waals surface area contributed by atoms with Crippen LogP contribution in [0.4, 0.5) is 0 Å². The Morgan fingerprint density at radius 2 is 1.85 bits per heavy atom. The van der Waals surface area contributed by atoms with Gasteiger partial charge in [0.05, 0.1) is 11.4 Å². The van der Waals surface area contributed by atoms with Gasteiger partial charge in [-0.1, -0.05) is 20.8 Å². The van der Waals surface area contributed by atoms with Gasteiger partial charge in [0.15, 0.2) is 0 Å². The first-order valence-corrected chi connectivity index (χ1v) is 7.39. The zero-order valence-electron chi connectivity index (χ0n) is 12.6. The van der Waals surface area contributed by atoms with E-state index in [2.05, 4.69) is 36.1 Å². The Bertz CT molecular complexity index is 533. The van der Waals surface area contributed by atoms with Gasteiger partial charge < -0.3 is 5.32 Å². The van der Waals surface area contributed by atoms with E-state index in [1.165, 1.54) is 11.3 Å². The van der Waals surface area contributed by atoms with Crippen LogP contribution in [0, 0.1) is 0 Å². The van der Waals surface area contributed by atoms with Crippen molar-refractivity contribution >= 4 is 0 Å². The van der Waals surface area contributed by atoms with E-state index in [-0.39, 0.29) is 0 Å². The maximum Gasteiger partial charge on any atom is 0.250 e. The van der Waals surface area contributed by atoms with Gasteiger partial charge in [-0.05, 0) is 44.0 Å². The molecule has 2 heterocycles. The van der Waals surface area contributed by atoms with Crippen LogP contribution < -0.4 is 5.32 Å². The van der Waals surface area contributed by atoms with E-state index in [1.807, 2.05) is 10.7 Å². The number of rotatable bonds is 7. The number of aromatic nitrogens is 4. The fraction of sp³-hybridized carbons (Fsp3) is 0.533. The molecule has 0 unspecified atom stereocenters. The second-order valence-corrected chi connectivity index (χ2v) is 4.64.